The molecule has 2 rings (SSSR count). The van der Waals surface area contributed by atoms with Crippen molar-refractivity contribution in [1.29, 1.82) is 0 Å². The Balaban J connectivity index is 1.76. The van der Waals surface area contributed by atoms with E-state index in [2.05, 4.69) is 20.5 Å². The van der Waals surface area contributed by atoms with Crippen LogP contribution in [0.4, 0.5) is 5.69 Å². The van der Waals surface area contributed by atoms with Crippen LogP contribution in [0.5, 0.6) is 5.75 Å². The van der Waals surface area contributed by atoms with Gasteiger partial charge in [0.1, 0.15) is 15.6 Å². The molecule has 1 aromatic rings. The summed E-state index contributed by atoms with van der Waals surface area (Å²) in [5.41, 5.74) is 0.988. The highest BCUT2D eigenvalue weighted by Gasteiger charge is 2.25. The number of benzene rings is 1. The molecule has 8 nitrogen and oxygen atoms in total. The van der Waals surface area contributed by atoms with Crippen LogP contribution in [-0.2, 0) is 14.6 Å². The van der Waals surface area contributed by atoms with E-state index in [0.717, 1.165) is 30.9 Å². The van der Waals surface area contributed by atoms with Gasteiger partial charge in [-0.15, -0.1) is 0 Å². The highest BCUT2D eigenvalue weighted by atomic mass is 35.5. The number of nitrogens with one attached hydrogen (secondary N) is 2. The first kappa shape index (κ1) is 22.6. The zero-order valence-corrected chi connectivity index (χ0v) is 18.1. The summed E-state index contributed by atoms with van der Waals surface area (Å²) in [6.07, 6.45) is 2.16. The summed E-state index contributed by atoms with van der Waals surface area (Å²) in [5, 5.41) is 7.27. The fraction of sp³-hybridized carbons (Fsp3) is 0.611. The molecule has 1 saturated heterocycles. The maximum atomic E-state index is 11.1. The van der Waals surface area contributed by atoms with Gasteiger partial charge in [0.25, 0.3) is 0 Å². The fourth-order valence-electron chi connectivity index (χ4n) is 2.95. The molecule has 1 heterocycles. The van der Waals surface area contributed by atoms with E-state index in [4.69, 9.17) is 21.1 Å². The monoisotopic (exact) mass is 432 g/mol. The van der Waals surface area contributed by atoms with Crippen molar-refractivity contribution in [1.82, 2.24) is 10.6 Å². The van der Waals surface area contributed by atoms with Gasteiger partial charge >= 0.3 is 0 Å². The number of nitrogens with zero attached hydrogens (tertiary/aromatic N) is 2. The normalized spacial score (nSPS) is 17.6. The number of ether oxygens (including phenoxy) is 2. The minimum absolute atomic E-state index is 0.0326. The minimum atomic E-state index is -2.99. The Kier molecular flexibility index (Phi) is 8.65. The van der Waals surface area contributed by atoms with Gasteiger partial charge in [-0.2, -0.15) is 0 Å². The van der Waals surface area contributed by atoms with E-state index in [-0.39, 0.29) is 18.4 Å². The van der Waals surface area contributed by atoms with E-state index >= 15 is 0 Å². The van der Waals surface area contributed by atoms with Crippen molar-refractivity contribution in [3.8, 4) is 5.75 Å². The number of anilines is 1. The number of sulfone groups is 1. The van der Waals surface area contributed by atoms with Crippen molar-refractivity contribution >= 4 is 33.1 Å². The molecule has 1 aliphatic rings. The second-order valence-corrected chi connectivity index (χ2v) is 9.33. The van der Waals surface area contributed by atoms with E-state index in [9.17, 15) is 8.42 Å². The van der Waals surface area contributed by atoms with Gasteiger partial charge in [0, 0.05) is 44.0 Å². The lowest BCUT2D eigenvalue weighted by molar-refractivity contribution is 0.154. The summed E-state index contributed by atoms with van der Waals surface area (Å²) in [6.45, 7) is 2.85. The summed E-state index contributed by atoms with van der Waals surface area (Å²) in [5.74, 6) is 1.53. The van der Waals surface area contributed by atoms with Crippen molar-refractivity contribution in [2.24, 2.45) is 4.99 Å². The Hall–Kier alpha value is -1.71. The largest absolute Gasteiger partial charge is 0.495 e. The molecule has 0 aromatic heterocycles. The maximum absolute atomic E-state index is 11.1. The van der Waals surface area contributed by atoms with Gasteiger partial charge in [-0.1, -0.05) is 11.6 Å². The summed E-state index contributed by atoms with van der Waals surface area (Å²) in [4.78, 5) is 6.47. The van der Waals surface area contributed by atoms with Gasteiger partial charge in [-0.05, 0) is 24.6 Å². The number of guanidine groups is 1. The molecule has 1 atom stereocenters. The molecular formula is C18H29ClN4O4S. The van der Waals surface area contributed by atoms with Crippen LogP contribution >= 0.6 is 11.6 Å². The number of hydrogen-bond donors (Lipinski definition) is 2. The van der Waals surface area contributed by atoms with Gasteiger partial charge in [0.05, 0.1) is 31.8 Å². The molecule has 1 aliphatic heterocycles. The van der Waals surface area contributed by atoms with Gasteiger partial charge in [-0.3, -0.25) is 4.99 Å². The zero-order valence-electron chi connectivity index (χ0n) is 16.6. The van der Waals surface area contributed by atoms with Crippen LogP contribution in [0.3, 0.4) is 0 Å². The van der Waals surface area contributed by atoms with Crippen molar-refractivity contribution in [3.05, 3.63) is 23.2 Å². The Morgan fingerprint density at radius 1 is 1.39 bits per heavy atom. The number of rotatable bonds is 9. The third-order valence-corrected chi connectivity index (χ3v) is 5.51. The Labute approximate surface area is 172 Å². The molecule has 0 saturated carbocycles. The second-order valence-electron chi connectivity index (χ2n) is 6.63. The SMILES string of the molecule is CN=C(NCCOCCS(C)(=O)=O)NC1CCN(c2cc(Cl)ccc2OC)C1. The van der Waals surface area contributed by atoms with Crippen LogP contribution in [-0.4, -0.2) is 79.4 Å². The van der Waals surface area contributed by atoms with E-state index < -0.39 is 9.84 Å². The van der Waals surface area contributed by atoms with Crippen molar-refractivity contribution < 1.29 is 17.9 Å². The molecule has 10 heteroatoms. The van der Waals surface area contributed by atoms with Crippen molar-refractivity contribution in [2.75, 3.05) is 63.9 Å². The van der Waals surface area contributed by atoms with Crippen LogP contribution in [0.2, 0.25) is 5.02 Å². The molecule has 0 aliphatic carbocycles. The molecule has 1 fully saturated rings. The quantitative estimate of drug-likeness (QED) is 0.343. The smallest absolute Gasteiger partial charge is 0.191 e. The zero-order chi connectivity index (χ0) is 20.6. The van der Waals surface area contributed by atoms with E-state index in [1.807, 2.05) is 18.2 Å². The molecule has 0 amide bonds. The summed E-state index contributed by atoms with van der Waals surface area (Å²) in [7, 11) is 0.383. The Bertz CT molecular complexity index is 773. The lowest BCUT2D eigenvalue weighted by atomic mass is 10.2. The number of halogens is 1. The van der Waals surface area contributed by atoms with E-state index in [1.165, 1.54) is 6.26 Å². The lowest BCUT2D eigenvalue weighted by Crippen LogP contribution is -2.45. The molecule has 28 heavy (non-hydrogen) atoms. The molecule has 0 radical (unpaired) electrons. The van der Waals surface area contributed by atoms with Crippen LogP contribution in [0.1, 0.15) is 6.42 Å². The minimum Gasteiger partial charge on any atom is -0.495 e. The van der Waals surface area contributed by atoms with E-state index in [1.54, 1.807) is 14.2 Å². The van der Waals surface area contributed by atoms with Gasteiger partial charge < -0.3 is 25.0 Å². The Morgan fingerprint density at radius 3 is 2.86 bits per heavy atom. The molecule has 1 aromatic carbocycles. The third-order valence-electron chi connectivity index (χ3n) is 4.37. The first-order valence-electron chi connectivity index (χ1n) is 9.13. The molecule has 1 unspecified atom stereocenters. The maximum Gasteiger partial charge on any atom is 0.191 e. The van der Waals surface area contributed by atoms with Crippen LogP contribution < -0.4 is 20.3 Å². The van der Waals surface area contributed by atoms with E-state index in [0.29, 0.717) is 24.1 Å². The molecule has 0 bridgehead atoms. The predicted octanol–water partition coefficient (Wildman–Crippen LogP) is 1.15. The summed E-state index contributed by atoms with van der Waals surface area (Å²) >= 11 is 6.14. The topological polar surface area (TPSA) is 92.3 Å². The highest BCUT2D eigenvalue weighted by Crippen LogP contribution is 2.33. The van der Waals surface area contributed by atoms with Gasteiger partial charge in [0.2, 0.25) is 0 Å². The highest BCUT2D eigenvalue weighted by molar-refractivity contribution is 7.90. The average Bonchev–Trinajstić information content (AvgIpc) is 3.11. The molecular weight excluding hydrogens is 404 g/mol. The second kappa shape index (κ2) is 10.7. The van der Waals surface area contributed by atoms with Crippen LogP contribution in [0.15, 0.2) is 23.2 Å². The lowest BCUT2D eigenvalue weighted by Gasteiger charge is -2.22. The first-order chi connectivity index (χ1) is 13.3. The predicted molar refractivity (Wildman–Crippen MR) is 114 cm³/mol. The molecule has 2 N–H and O–H groups in total. The van der Waals surface area contributed by atoms with Gasteiger partial charge in [-0.25, -0.2) is 8.42 Å². The molecule has 0 spiro atoms. The van der Waals surface area contributed by atoms with Crippen LogP contribution in [0, 0.1) is 0 Å². The standard InChI is InChI=1S/C18H29ClN4O4S/c1-20-18(21-7-9-27-10-11-28(3,24)25)22-15-6-8-23(13-15)16-12-14(19)4-5-17(16)26-2/h4-5,12,15H,6-11,13H2,1-3H3,(H2,20,21,22). The number of aliphatic imine (C=N–C) groups is 1. The van der Waals surface area contributed by atoms with Crippen LogP contribution in [0.25, 0.3) is 0 Å². The van der Waals surface area contributed by atoms with Gasteiger partial charge in [0.15, 0.2) is 5.96 Å². The van der Waals surface area contributed by atoms with Crippen molar-refractivity contribution in [3.63, 3.8) is 0 Å². The average molecular weight is 433 g/mol. The summed E-state index contributed by atoms with van der Waals surface area (Å²) < 4.78 is 32.9. The first-order valence-corrected chi connectivity index (χ1v) is 11.6. The Morgan fingerprint density at radius 2 is 2.18 bits per heavy atom. The number of methoxy groups -OCH3 is 1. The third kappa shape index (κ3) is 7.37. The fourth-order valence-corrected chi connectivity index (χ4v) is 3.54. The van der Waals surface area contributed by atoms with Crippen molar-refractivity contribution in [2.45, 2.75) is 12.5 Å². The summed E-state index contributed by atoms with van der Waals surface area (Å²) in [6, 6.07) is 5.85. The molecule has 158 valence electrons. The number of hydrogen-bond acceptors (Lipinski definition) is 6.